The van der Waals surface area contributed by atoms with Crippen molar-refractivity contribution >= 4 is 16.6 Å². The van der Waals surface area contributed by atoms with Gasteiger partial charge in [-0.3, -0.25) is 9.36 Å². The van der Waals surface area contributed by atoms with Gasteiger partial charge in [0.15, 0.2) is 0 Å². The first kappa shape index (κ1) is 12.7. The van der Waals surface area contributed by atoms with Crippen molar-refractivity contribution in [1.29, 1.82) is 0 Å². The zero-order valence-electron chi connectivity index (χ0n) is 12.1. The van der Waals surface area contributed by atoms with Gasteiger partial charge in [0.1, 0.15) is 0 Å². The lowest BCUT2D eigenvalue weighted by molar-refractivity contribution is 0.654. The highest BCUT2D eigenvalue weighted by molar-refractivity contribution is 5.93. The number of anilines is 1. The number of rotatable bonds is 3. The van der Waals surface area contributed by atoms with E-state index in [0.717, 1.165) is 40.1 Å². The molecule has 2 heterocycles. The fraction of sp³-hybridized carbons (Fsp3) is 0.333. The van der Waals surface area contributed by atoms with Crippen LogP contribution in [-0.4, -0.2) is 19.6 Å². The number of aromatic nitrogens is 4. The summed E-state index contributed by atoms with van der Waals surface area (Å²) in [5.74, 6) is 0. The van der Waals surface area contributed by atoms with Gasteiger partial charge >= 0.3 is 0 Å². The SMILES string of the molecule is CCc1nn(Cc2cc(C)n(C)n2)c2cccc(N)c12. The van der Waals surface area contributed by atoms with E-state index in [9.17, 15) is 0 Å². The van der Waals surface area contributed by atoms with E-state index in [1.54, 1.807) is 0 Å². The third kappa shape index (κ3) is 1.95. The van der Waals surface area contributed by atoms with E-state index < -0.39 is 0 Å². The average Bonchev–Trinajstić information content (AvgIpc) is 2.92. The molecule has 5 heteroatoms. The molecular formula is C15H19N5. The molecule has 2 aromatic heterocycles. The molecule has 3 rings (SSSR count). The topological polar surface area (TPSA) is 61.7 Å². The summed E-state index contributed by atoms with van der Waals surface area (Å²) in [6, 6.07) is 8.05. The van der Waals surface area contributed by atoms with E-state index in [1.807, 2.05) is 35.5 Å². The monoisotopic (exact) mass is 269 g/mol. The Bertz CT molecular complexity index is 747. The maximum atomic E-state index is 6.09. The third-order valence-corrected chi connectivity index (χ3v) is 3.69. The lowest BCUT2D eigenvalue weighted by atomic mass is 10.1. The smallest absolute Gasteiger partial charge is 0.0857 e. The summed E-state index contributed by atoms with van der Waals surface area (Å²) in [5, 5.41) is 10.3. The Morgan fingerprint density at radius 2 is 2.05 bits per heavy atom. The van der Waals surface area contributed by atoms with Gasteiger partial charge in [-0.1, -0.05) is 13.0 Å². The Hall–Kier alpha value is -2.30. The second kappa shape index (κ2) is 4.67. The standard InChI is InChI=1S/C15H19N5/c1-4-13-15-12(16)6-5-7-14(15)20(18-13)9-11-8-10(2)19(3)17-11/h5-8H,4,9,16H2,1-3H3. The van der Waals surface area contributed by atoms with Crippen LogP contribution in [-0.2, 0) is 20.0 Å². The highest BCUT2D eigenvalue weighted by Crippen LogP contribution is 2.25. The van der Waals surface area contributed by atoms with Gasteiger partial charge in [-0.05, 0) is 31.5 Å². The van der Waals surface area contributed by atoms with Crippen molar-refractivity contribution in [3.05, 3.63) is 41.3 Å². The van der Waals surface area contributed by atoms with Crippen LogP contribution in [0.15, 0.2) is 24.3 Å². The average molecular weight is 269 g/mol. The Labute approximate surface area is 118 Å². The minimum absolute atomic E-state index is 0.668. The number of benzene rings is 1. The molecule has 0 spiro atoms. The predicted octanol–water partition coefficient (Wildman–Crippen LogP) is 2.27. The summed E-state index contributed by atoms with van der Waals surface area (Å²) in [6.07, 6.45) is 0.874. The molecule has 104 valence electrons. The van der Waals surface area contributed by atoms with Crippen LogP contribution >= 0.6 is 0 Å². The maximum absolute atomic E-state index is 6.09. The van der Waals surface area contributed by atoms with Crippen molar-refractivity contribution in [3.63, 3.8) is 0 Å². The van der Waals surface area contributed by atoms with Crippen LogP contribution in [0.3, 0.4) is 0 Å². The largest absolute Gasteiger partial charge is 0.398 e. The lowest BCUT2D eigenvalue weighted by Crippen LogP contribution is -2.03. The van der Waals surface area contributed by atoms with Gasteiger partial charge in [-0.2, -0.15) is 10.2 Å². The molecular weight excluding hydrogens is 250 g/mol. The fourth-order valence-electron chi connectivity index (χ4n) is 2.57. The molecule has 0 radical (unpaired) electrons. The highest BCUT2D eigenvalue weighted by atomic mass is 15.3. The maximum Gasteiger partial charge on any atom is 0.0857 e. The fourth-order valence-corrected chi connectivity index (χ4v) is 2.57. The van der Waals surface area contributed by atoms with Gasteiger partial charge in [-0.15, -0.1) is 0 Å². The zero-order valence-corrected chi connectivity index (χ0v) is 12.1. The number of nitrogens with two attached hydrogens (primary N) is 1. The van der Waals surface area contributed by atoms with Crippen LogP contribution < -0.4 is 5.73 Å². The summed E-state index contributed by atoms with van der Waals surface area (Å²) in [5.41, 5.74) is 11.2. The molecule has 0 atom stereocenters. The number of nitrogens with zero attached hydrogens (tertiary/aromatic N) is 4. The van der Waals surface area contributed by atoms with Crippen molar-refractivity contribution in [2.24, 2.45) is 7.05 Å². The zero-order chi connectivity index (χ0) is 14.3. The molecule has 3 aromatic rings. The summed E-state index contributed by atoms with van der Waals surface area (Å²) in [6.45, 7) is 4.82. The van der Waals surface area contributed by atoms with Crippen LogP contribution in [0.5, 0.6) is 0 Å². The normalized spacial score (nSPS) is 11.3. The van der Waals surface area contributed by atoms with Crippen molar-refractivity contribution in [2.45, 2.75) is 26.8 Å². The van der Waals surface area contributed by atoms with E-state index in [0.29, 0.717) is 6.54 Å². The Morgan fingerprint density at radius 3 is 2.70 bits per heavy atom. The van der Waals surface area contributed by atoms with Crippen LogP contribution in [0.25, 0.3) is 10.9 Å². The molecule has 0 saturated heterocycles. The van der Waals surface area contributed by atoms with E-state index in [-0.39, 0.29) is 0 Å². The first-order chi connectivity index (χ1) is 9.60. The van der Waals surface area contributed by atoms with Crippen molar-refractivity contribution in [2.75, 3.05) is 5.73 Å². The molecule has 5 nitrogen and oxygen atoms in total. The minimum Gasteiger partial charge on any atom is -0.398 e. The van der Waals surface area contributed by atoms with Gasteiger partial charge in [0.2, 0.25) is 0 Å². The molecule has 0 saturated carbocycles. The molecule has 0 aliphatic rings. The summed E-state index contributed by atoms with van der Waals surface area (Å²) in [7, 11) is 1.95. The molecule has 2 N–H and O–H groups in total. The van der Waals surface area contributed by atoms with Gasteiger partial charge < -0.3 is 5.73 Å². The van der Waals surface area contributed by atoms with E-state index in [2.05, 4.69) is 24.2 Å². The van der Waals surface area contributed by atoms with Crippen molar-refractivity contribution in [1.82, 2.24) is 19.6 Å². The third-order valence-electron chi connectivity index (χ3n) is 3.69. The first-order valence-corrected chi connectivity index (χ1v) is 6.83. The molecule has 0 fully saturated rings. The number of aryl methyl sites for hydroxylation is 3. The van der Waals surface area contributed by atoms with Crippen LogP contribution in [0.1, 0.15) is 24.0 Å². The molecule has 20 heavy (non-hydrogen) atoms. The van der Waals surface area contributed by atoms with Gasteiger partial charge in [0.25, 0.3) is 0 Å². The summed E-state index contributed by atoms with van der Waals surface area (Å²) < 4.78 is 3.88. The van der Waals surface area contributed by atoms with Gasteiger partial charge in [0, 0.05) is 23.8 Å². The highest BCUT2D eigenvalue weighted by Gasteiger charge is 2.13. The van der Waals surface area contributed by atoms with E-state index in [4.69, 9.17) is 10.8 Å². The molecule has 0 amide bonds. The second-order valence-electron chi connectivity index (χ2n) is 5.10. The van der Waals surface area contributed by atoms with E-state index in [1.165, 1.54) is 0 Å². The Morgan fingerprint density at radius 1 is 1.25 bits per heavy atom. The molecule has 1 aromatic carbocycles. The molecule has 0 aliphatic carbocycles. The van der Waals surface area contributed by atoms with Crippen molar-refractivity contribution < 1.29 is 0 Å². The van der Waals surface area contributed by atoms with Crippen LogP contribution in [0.2, 0.25) is 0 Å². The first-order valence-electron chi connectivity index (χ1n) is 6.83. The van der Waals surface area contributed by atoms with E-state index >= 15 is 0 Å². The van der Waals surface area contributed by atoms with Gasteiger partial charge in [-0.25, -0.2) is 0 Å². The number of fused-ring (bicyclic) bond motifs is 1. The number of hydrogen-bond donors (Lipinski definition) is 1. The van der Waals surface area contributed by atoms with Crippen LogP contribution in [0, 0.1) is 6.92 Å². The Kier molecular flexibility index (Phi) is 2.97. The van der Waals surface area contributed by atoms with Crippen molar-refractivity contribution in [3.8, 4) is 0 Å². The summed E-state index contributed by atoms with van der Waals surface area (Å²) >= 11 is 0. The predicted molar refractivity (Wildman–Crippen MR) is 80.6 cm³/mol. The Balaban J connectivity index is 2.10. The number of hydrogen-bond acceptors (Lipinski definition) is 3. The summed E-state index contributed by atoms with van der Waals surface area (Å²) in [4.78, 5) is 0. The second-order valence-corrected chi connectivity index (χ2v) is 5.10. The molecule has 0 bridgehead atoms. The quantitative estimate of drug-likeness (QED) is 0.742. The minimum atomic E-state index is 0.668. The van der Waals surface area contributed by atoms with Gasteiger partial charge in [0.05, 0.1) is 23.4 Å². The number of nitrogen functional groups attached to an aromatic ring is 1. The van der Waals surface area contributed by atoms with Crippen LogP contribution in [0.4, 0.5) is 5.69 Å². The lowest BCUT2D eigenvalue weighted by Gasteiger charge is -2.01. The molecule has 0 unspecified atom stereocenters. The molecule has 0 aliphatic heterocycles.